The fourth-order valence-electron chi connectivity index (χ4n) is 8.97. The number of aromatic amines is 2. The maximum atomic E-state index is 13.9. The smallest absolute Gasteiger partial charge is 0.425 e. The lowest BCUT2D eigenvalue weighted by molar-refractivity contribution is -0.143. The molecule has 4 amide bonds. The summed E-state index contributed by atoms with van der Waals surface area (Å²) in [4.78, 5) is 69.8. The van der Waals surface area contributed by atoms with Crippen LogP contribution in [0.25, 0.3) is 33.6 Å². The summed E-state index contributed by atoms with van der Waals surface area (Å²) in [6.45, 7) is 8.15. The highest BCUT2D eigenvalue weighted by molar-refractivity contribution is 5.86. The zero-order valence-electron chi connectivity index (χ0n) is 32.9. The van der Waals surface area contributed by atoms with Crippen molar-refractivity contribution in [2.45, 2.75) is 83.8 Å². The number of nitrogens with one attached hydrogen (secondary N) is 4. The molecule has 1 aliphatic heterocycles. The highest BCUT2D eigenvalue weighted by Crippen LogP contribution is 2.56. The van der Waals surface area contributed by atoms with Gasteiger partial charge in [-0.15, -0.1) is 0 Å². The van der Waals surface area contributed by atoms with Gasteiger partial charge >= 0.3 is 12.2 Å². The van der Waals surface area contributed by atoms with E-state index in [0.717, 1.165) is 77.4 Å². The van der Waals surface area contributed by atoms with Crippen molar-refractivity contribution in [1.82, 2.24) is 40.6 Å². The molecule has 4 N–H and O–H groups in total. The molecule has 56 heavy (non-hydrogen) atoms. The molecule has 14 heteroatoms. The standard InChI is InChI=1S/C42H52N8O6/c1-23(2)36(47-41(53)55-5)40(52)49-19-7-8-33(49)37-43-21-31(45-37)27-13-9-25(10-14-27)26-11-15-28(16-12-26)32-22-44-38(46-32)34-29-17-18-30(20-29)35(34)39(51)50(24(3)4)48-42(54)56-6/h9-16,21-24,29-30,33-36H,7-8,17-20H2,1-6H3,(H,43,45)(H,44,46)(H,47,53)(H,48,54)/t29?,30?,33-,34-,35+,36?/m0/s1. The molecule has 2 saturated carbocycles. The van der Waals surface area contributed by atoms with E-state index < -0.39 is 18.2 Å². The van der Waals surface area contributed by atoms with Crippen LogP contribution in [0.5, 0.6) is 0 Å². The Morgan fingerprint density at radius 3 is 1.89 bits per heavy atom. The SMILES string of the molecule is COC(=O)NC(C(=O)N1CCC[C@H]1c1ncc(-c2ccc(-c3ccc(-c4cnc([C@H]5C6CCC(C6)[C@H]5C(=O)N(NC(=O)OC)C(C)C)[nH]4)cc3)cc2)[nH]1)C(C)C. The number of nitrogens with zero attached hydrogens (tertiary/aromatic N) is 4. The number of ether oxygens (including phenoxy) is 2. The summed E-state index contributed by atoms with van der Waals surface area (Å²) in [5.74, 6) is 1.50. The van der Waals surface area contributed by atoms with Gasteiger partial charge in [-0.25, -0.2) is 30.0 Å². The lowest BCUT2D eigenvalue weighted by Gasteiger charge is -2.35. The second kappa shape index (κ2) is 16.2. The van der Waals surface area contributed by atoms with E-state index in [2.05, 4.69) is 74.2 Å². The molecule has 2 bridgehead atoms. The van der Waals surface area contributed by atoms with Crippen LogP contribution in [0, 0.1) is 23.7 Å². The Labute approximate surface area is 327 Å². The summed E-state index contributed by atoms with van der Waals surface area (Å²) in [6.07, 6.45) is 7.05. The van der Waals surface area contributed by atoms with E-state index in [0.29, 0.717) is 12.5 Å². The van der Waals surface area contributed by atoms with Crippen LogP contribution < -0.4 is 10.7 Å². The number of fused-ring (bicyclic) bond motifs is 2. The zero-order valence-corrected chi connectivity index (χ0v) is 32.9. The van der Waals surface area contributed by atoms with Gasteiger partial charge in [0.1, 0.15) is 17.7 Å². The Bertz CT molecular complexity index is 2040. The number of aromatic nitrogens is 4. The predicted molar refractivity (Wildman–Crippen MR) is 209 cm³/mol. The number of carbonyl (C=O) groups is 4. The van der Waals surface area contributed by atoms with Crippen molar-refractivity contribution >= 4 is 24.0 Å². The number of alkyl carbamates (subject to hydrolysis) is 1. The van der Waals surface area contributed by atoms with Crippen LogP contribution in [-0.4, -0.2) is 86.7 Å². The number of hydrogen-bond acceptors (Lipinski definition) is 8. The second-order valence-corrected chi connectivity index (χ2v) is 15.9. The molecule has 3 aliphatic rings. The Morgan fingerprint density at radius 1 is 0.768 bits per heavy atom. The minimum atomic E-state index is -0.687. The molecule has 1 saturated heterocycles. The molecule has 2 aromatic heterocycles. The highest BCUT2D eigenvalue weighted by atomic mass is 16.5. The van der Waals surface area contributed by atoms with Crippen LogP contribution in [-0.2, 0) is 19.1 Å². The minimum absolute atomic E-state index is 0.0494. The summed E-state index contributed by atoms with van der Waals surface area (Å²) < 4.78 is 9.55. The first-order valence-electron chi connectivity index (χ1n) is 19.6. The monoisotopic (exact) mass is 764 g/mol. The average Bonchev–Trinajstić information content (AvgIpc) is 4.06. The number of methoxy groups -OCH3 is 2. The molecule has 3 fully saturated rings. The average molecular weight is 765 g/mol. The van der Waals surface area contributed by atoms with Gasteiger partial charge < -0.3 is 29.7 Å². The fourth-order valence-corrected chi connectivity index (χ4v) is 8.97. The predicted octanol–water partition coefficient (Wildman–Crippen LogP) is 6.82. The summed E-state index contributed by atoms with van der Waals surface area (Å²) in [5.41, 5.74) is 8.48. The number of benzene rings is 2. The Hall–Kier alpha value is -5.66. The summed E-state index contributed by atoms with van der Waals surface area (Å²) in [6, 6.07) is 15.5. The van der Waals surface area contributed by atoms with Gasteiger partial charge in [0.25, 0.3) is 0 Å². The number of hydrogen-bond donors (Lipinski definition) is 4. The molecule has 2 aliphatic carbocycles. The van der Waals surface area contributed by atoms with Crippen molar-refractivity contribution in [3.63, 3.8) is 0 Å². The number of rotatable bonds is 10. The molecular weight excluding hydrogens is 713 g/mol. The number of hydrazine groups is 1. The van der Waals surface area contributed by atoms with Gasteiger partial charge in [-0.2, -0.15) is 0 Å². The molecule has 6 atom stereocenters. The molecular formula is C42H52N8O6. The topological polar surface area (TPSA) is 175 Å². The first-order chi connectivity index (χ1) is 27.0. The van der Waals surface area contributed by atoms with Gasteiger partial charge in [0, 0.05) is 18.5 Å². The molecule has 296 valence electrons. The quantitative estimate of drug-likeness (QED) is 0.127. The first-order valence-corrected chi connectivity index (χ1v) is 19.6. The first kappa shape index (κ1) is 38.6. The molecule has 2 aromatic carbocycles. The maximum Gasteiger partial charge on any atom is 0.425 e. The molecule has 7 rings (SSSR count). The van der Waals surface area contributed by atoms with E-state index in [1.807, 2.05) is 38.8 Å². The molecule has 14 nitrogen and oxygen atoms in total. The van der Waals surface area contributed by atoms with Crippen molar-refractivity contribution < 1.29 is 28.7 Å². The van der Waals surface area contributed by atoms with E-state index in [1.54, 1.807) is 6.20 Å². The third kappa shape index (κ3) is 7.61. The molecule has 3 unspecified atom stereocenters. The van der Waals surface area contributed by atoms with E-state index >= 15 is 0 Å². The Kier molecular flexibility index (Phi) is 11.2. The maximum absolute atomic E-state index is 13.9. The third-order valence-corrected chi connectivity index (χ3v) is 11.8. The number of likely N-dealkylation sites (tertiary alicyclic amines) is 1. The van der Waals surface area contributed by atoms with Crippen LogP contribution in [0.15, 0.2) is 60.9 Å². The van der Waals surface area contributed by atoms with Gasteiger partial charge in [0.05, 0.1) is 50.0 Å². The van der Waals surface area contributed by atoms with Crippen molar-refractivity contribution in [2.75, 3.05) is 20.8 Å². The minimum Gasteiger partial charge on any atom is -0.453 e. The summed E-state index contributed by atoms with van der Waals surface area (Å²) >= 11 is 0. The van der Waals surface area contributed by atoms with E-state index in [-0.39, 0.29) is 47.6 Å². The van der Waals surface area contributed by atoms with Crippen molar-refractivity contribution in [3.8, 4) is 33.6 Å². The molecule has 4 aromatic rings. The van der Waals surface area contributed by atoms with Crippen LogP contribution in [0.4, 0.5) is 9.59 Å². The number of amides is 4. The van der Waals surface area contributed by atoms with Crippen LogP contribution in [0.3, 0.4) is 0 Å². The van der Waals surface area contributed by atoms with E-state index in [4.69, 9.17) is 14.5 Å². The second-order valence-electron chi connectivity index (χ2n) is 15.9. The highest BCUT2D eigenvalue weighted by Gasteiger charge is 2.54. The van der Waals surface area contributed by atoms with Gasteiger partial charge in [-0.05, 0) is 86.0 Å². The van der Waals surface area contributed by atoms with Gasteiger partial charge in [-0.1, -0.05) is 62.4 Å². The van der Waals surface area contributed by atoms with Crippen LogP contribution in [0.1, 0.15) is 83.4 Å². The van der Waals surface area contributed by atoms with Gasteiger partial charge in [-0.3, -0.25) is 9.59 Å². The normalized spacial score (nSPS) is 22.0. The third-order valence-electron chi connectivity index (χ3n) is 11.8. The number of carbonyl (C=O) groups excluding carboxylic acids is 4. The van der Waals surface area contributed by atoms with E-state index in [1.165, 1.54) is 19.2 Å². The van der Waals surface area contributed by atoms with E-state index in [9.17, 15) is 19.2 Å². The van der Waals surface area contributed by atoms with Crippen LogP contribution >= 0.6 is 0 Å². The van der Waals surface area contributed by atoms with Crippen molar-refractivity contribution in [3.05, 3.63) is 72.6 Å². The van der Waals surface area contributed by atoms with Crippen LogP contribution in [0.2, 0.25) is 0 Å². The Morgan fingerprint density at radius 2 is 1.32 bits per heavy atom. The summed E-state index contributed by atoms with van der Waals surface area (Å²) in [7, 11) is 2.58. The largest absolute Gasteiger partial charge is 0.453 e. The lowest BCUT2D eigenvalue weighted by atomic mass is 9.78. The lowest BCUT2D eigenvalue weighted by Crippen LogP contribution is -2.53. The molecule has 0 radical (unpaired) electrons. The number of imidazole rings is 2. The summed E-state index contributed by atoms with van der Waals surface area (Å²) in [5, 5.41) is 4.11. The van der Waals surface area contributed by atoms with Gasteiger partial charge in [0.15, 0.2) is 0 Å². The van der Waals surface area contributed by atoms with Crippen molar-refractivity contribution in [1.29, 1.82) is 0 Å². The van der Waals surface area contributed by atoms with Crippen molar-refractivity contribution in [2.24, 2.45) is 23.7 Å². The van der Waals surface area contributed by atoms with Gasteiger partial charge in [0.2, 0.25) is 11.8 Å². The zero-order chi connectivity index (χ0) is 39.7. The molecule has 0 spiro atoms. The number of H-pyrrole nitrogens is 2. The Balaban J connectivity index is 1.02. The fraction of sp³-hybridized carbons (Fsp3) is 0.476. The molecule has 3 heterocycles.